The number of aliphatic hydroxyl groups excluding tert-OH is 2. The Morgan fingerprint density at radius 1 is 0.917 bits per heavy atom. The molecule has 1 aliphatic rings. The molecular weight excluding hydrogens is 625 g/mol. The van der Waals surface area contributed by atoms with Crippen LogP contribution in [0, 0.1) is 12.3 Å². The number of aromatic nitrogens is 1. The maximum absolute atomic E-state index is 13.9. The second kappa shape index (κ2) is 20.0. The van der Waals surface area contributed by atoms with Crippen LogP contribution in [-0.4, -0.2) is 69.2 Å². The lowest BCUT2D eigenvalue weighted by atomic mass is 9.85. The first-order valence-electron chi connectivity index (χ1n) is 18.1. The van der Waals surface area contributed by atoms with Crippen molar-refractivity contribution in [2.24, 2.45) is 5.41 Å². The van der Waals surface area contributed by atoms with Gasteiger partial charge in [-0.2, -0.15) is 0 Å². The van der Waals surface area contributed by atoms with Gasteiger partial charge in [-0.05, 0) is 43.2 Å². The molecule has 0 bridgehead atoms. The van der Waals surface area contributed by atoms with Gasteiger partial charge in [0.2, 0.25) is 17.7 Å². The number of nitrogens with zero attached hydrogens (tertiary/aromatic N) is 2. The smallest absolute Gasteiger partial charge is 0.246 e. The highest BCUT2D eigenvalue weighted by Crippen LogP contribution is 2.29. The predicted molar refractivity (Wildman–Crippen MR) is 193 cm³/mol. The molecule has 0 saturated carbocycles. The number of rotatable bonds is 20. The van der Waals surface area contributed by atoms with E-state index < -0.39 is 23.6 Å². The average molecular weight is 685 g/mol. The lowest BCUT2D eigenvalue weighted by molar-refractivity contribution is -0.144. The zero-order chi connectivity index (χ0) is 35.1. The first kappa shape index (κ1) is 39.6. The van der Waals surface area contributed by atoms with Gasteiger partial charge in [0.05, 0.1) is 28.2 Å². The molecule has 2 aromatic rings. The third kappa shape index (κ3) is 12.6. The number of aryl methyl sites for hydroxylation is 1. The minimum Gasteiger partial charge on any atom is -0.396 e. The summed E-state index contributed by atoms with van der Waals surface area (Å²) >= 11 is 1.59. The molecule has 1 aromatic heterocycles. The zero-order valence-corrected chi connectivity index (χ0v) is 30.7. The first-order valence-corrected chi connectivity index (χ1v) is 19.0. The van der Waals surface area contributed by atoms with Crippen LogP contribution in [0.4, 0.5) is 0 Å². The van der Waals surface area contributed by atoms with Gasteiger partial charge in [-0.3, -0.25) is 14.4 Å². The molecule has 1 fully saturated rings. The number of thiazole rings is 1. The highest BCUT2D eigenvalue weighted by Gasteiger charge is 2.44. The van der Waals surface area contributed by atoms with E-state index in [4.69, 9.17) is 5.11 Å². The van der Waals surface area contributed by atoms with Gasteiger partial charge < -0.3 is 25.7 Å². The topological polar surface area (TPSA) is 132 Å². The van der Waals surface area contributed by atoms with Gasteiger partial charge >= 0.3 is 0 Å². The number of benzene rings is 1. The minimum absolute atomic E-state index is 0.0559. The van der Waals surface area contributed by atoms with Crippen molar-refractivity contribution in [3.05, 3.63) is 41.0 Å². The maximum Gasteiger partial charge on any atom is 0.246 e. The number of β-amino-alcohol motifs (C(OH)–C–C–N with tert-alkyl or cyclic N) is 1. The number of aliphatic hydroxyl groups is 2. The van der Waals surface area contributed by atoms with Gasteiger partial charge in [0.1, 0.15) is 12.1 Å². The van der Waals surface area contributed by atoms with Crippen LogP contribution in [0.15, 0.2) is 29.8 Å². The Bertz CT molecular complexity index is 1270. The minimum atomic E-state index is -0.818. The van der Waals surface area contributed by atoms with Crippen molar-refractivity contribution in [2.75, 3.05) is 13.2 Å². The fourth-order valence-corrected chi connectivity index (χ4v) is 7.23. The molecule has 4 N–H and O–H groups in total. The van der Waals surface area contributed by atoms with Gasteiger partial charge in [0.15, 0.2) is 0 Å². The Morgan fingerprint density at radius 2 is 1.48 bits per heavy atom. The van der Waals surface area contributed by atoms with E-state index in [9.17, 15) is 19.5 Å². The molecule has 0 aliphatic carbocycles. The van der Waals surface area contributed by atoms with Crippen LogP contribution in [-0.2, 0) is 14.4 Å². The Morgan fingerprint density at radius 3 is 2.00 bits per heavy atom. The standard InChI is InChI=1S/C38H60N4O5S/c1-27(29-19-21-30(22-20-29)34-28(2)39-26-48-34)40-36(46)32-24-31(44)25-42(32)37(47)35(38(3,4)5)41-33(45)18-16-14-12-10-8-6-7-9-11-13-15-17-23-43/h19-22,26-27,31-32,35,43-44H,6-18,23-25H2,1-5H3,(H,40,46)(H,41,45)/t27?,31-,32+,35?/m1/s1. The largest absolute Gasteiger partial charge is 0.396 e. The molecule has 1 aromatic carbocycles. The quantitative estimate of drug-likeness (QED) is 0.113. The third-order valence-electron chi connectivity index (χ3n) is 9.37. The molecule has 3 amide bonds. The molecule has 2 heterocycles. The van der Waals surface area contributed by atoms with Crippen LogP contribution in [0.3, 0.4) is 0 Å². The van der Waals surface area contributed by atoms with Crippen LogP contribution >= 0.6 is 11.3 Å². The van der Waals surface area contributed by atoms with E-state index >= 15 is 0 Å². The lowest BCUT2D eigenvalue weighted by Gasteiger charge is -2.35. The summed E-state index contributed by atoms with van der Waals surface area (Å²) < 4.78 is 0. The van der Waals surface area contributed by atoms with Gasteiger partial charge in [-0.1, -0.05) is 109 Å². The summed E-state index contributed by atoms with van der Waals surface area (Å²) in [6, 6.07) is 6.10. The van der Waals surface area contributed by atoms with E-state index in [1.54, 1.807) is 11.3 Å². The zero-order valence-electron chi connectivity index (χ0n) is 29.9. The fourth-order valence-electron chi connectivity index (χ4n) is 6.41. The van der Waals surface area contributed by atoms with Gasteiger partial charge in [0, 0.05) is 26.0 Å². The summed E-state index contributed by atoms with van der Waals surface area (Å²) in [4.78, 5) is 47.3. The predicted octanol–water partition coefficient (Wildman–Crippen LogP) is 6.85. The van der Waals surface area contributed by atoms with E-state index in [1.165, 1.54) is 49.8 Å². The number of carbonyl (C=O) groups excluding carboxylic acids is 3. The number of likely N-dealkylation sites (tertiary alicyclic amines) is 1. The van der Waals surface area contributed by atoms with E-state index in [1.807, 2.05) is 64.4 Å². The van der Waals surface area contributed by atoms with Crippen LogP contribution < -0.4 is 10.6 Å². The number of amides is 3. The van der Waals surface area contributed by atoms with Gasteiger partial charge in [-0.15, -0.1) is 11.3 Å². The highest BCUT2D eigenvalue weighted by atomic mass is 32.1. The van der Waals surface area contributed by atoms with Crippen molar-refractivity contribution in [1.82, 2.24) is 20.5 Å². The van der Waals surface area contributed by atoms with Gasteiger partial charge in [-0.25, -0.2) is 4.98 Å². The third-order valence-corrected chi connectivity index (χ3v) is 10.3. The molecular formula is C38H60N4O5S. The number of carbonyl (C=O) groups is 3. The van der Waals surface area contributed by atoms with Crippen molar-refractivity contribution in [2.45, 2.75) is 149 Å². The van der Waals surface area contributed by atoms with Crippen LogP contribution in [0.1, 0.15) is 135 Å². The van der Waals surface area contributed by atoms with E-state index in [-0.39, 0.29) is 36.7 Å². The number of nitrogens with one attached hydrogen (secondary N) is 2. The Hall–Kier alpha value is -2.82. The van der Waals surface area contributed by atoms with Crippen LogP contribution in [0.25, 0.3) is 10.4 Å². The first-order chi connectivity index (χ1) is 22.9. The molecule has 2 unspecified atom stereocenters. The van der Waals surface area contributed by atoms with Crippen molar-refractivity contribution >= 4 is 29.1 Å². The summed E-state index contributed by atoms with van der Waals surface area (Å²) in [5, 5.41) is 25.4. The molecule has 4 atom stereocenters. The second-order valence-corrected chi connectivity index (χ2v) is 15.5. The lowest BCUT2D eigenvalue weighted by Crippen LogP contribution is -2.57. The Balaban J connectivity index is 1.46. The summed E-state index contributed by atoms with van der Waals surface area (Å²) in [6.07, 6.45) is 13.2. The molecule has 0 radical (unpaired) electrons. The molecule has 1 saturated heterocycles. The van der Waals surface area contributed by atoms with E-state index in [0.717, 1.165) is 53.8 Å². The van der Waals surface area contributed by atoms with Crippen LogP contribution in [0.5, 0.6) is 0 Å². The SMILES string of the molecule is Cc1ncsc1-c1ccc(C(C)NC(=O)[C@@H]2C[C@@H](O)CN2C(=O)C(NC(=O)CCCCCCCCCCCCCCO)C(C)(C)C)cc1. The Labute approximate surface area is 292 Å². The highest BCUT2D eigenvalue weighted by molar-refractivity contribution is 7.13. The molecule has 9 nitrogen and oxygen atoms in total. The van der Waals surface area contributed by atoms with Crippen molar-refractivity contribution < 1.29 is 24.6 Å². The average Bonchev–Trinajstić information content (AvgIpc) is 3.66. The normalized spacial score (nSPS) is 17.7. The Kier molecular flexibility index (Phi) is 16.5. The molecule has 0 spiro atoms. The van der Waals surface area contributed by atoms with Gasteiger partial charge in [0.25, 0.3) is 0 Å². The fraction of sp³-hybridized carbons (Fsp3) is 0.684. The van der Waals surface area contributed by atoms with E-state index in [0.29, 0.717) is 13.0 Å². The second-order valence-electron chi connectivity index (χ2n) is 14.6. The summed E-state index contributed by atoms with van der Waals surface area (Å²) in [5.74, 6) is -0.805. The molecule has 1 aliphatic heterocycles. The van der Waals surface area contributed by atoms with Crippen LogP contribution in [0.2, 0.25) is 0 Å². The number of hydrogen-bond donors (Lipinski definition) is 4. The number of unbranched alkanes of at least 4 members (excludes halogenated alkanes) is 11. The number of hydrogen-bond acceptors (Lipinski definition) is 7. The van der Waals surface area contributed by atoms with Crippen molar-refractivity contribution in [3.63, 3.8) is 0 Å². The molecule has 3 rings (SSSR count). The molecule has 48 heavy (non-hydrogen) atoms. The van der Waals surface area contributed by atoms with Crippen molar-refractivity contribution in [3.8, 4) is 10.4 Å². The summed E-state index contributed by atoms with van der Waals surface area (Å²) in [6.45, 7) is 9.97. The summed E-state index contributed by atoms with van der Waals surface area (Å²) in [5.41, 5.74) is 4.25. The van der Waals surface area contributed by atoms with Crippen molar-refractivity contribution in [1.29, 1.82) is 0 Å². The monoisotopic (exact) mass is 684 g/mol. The molecule has 268 valence electrons. The molecule has 10 heteroatoms. The van der Waals surface area contributed by atoms with E-state index in [2.05, 4.69) is 15.6 Å². The summed E-state index contributed by atoms with van der Waals surface area (Å²) in [7, 11) is 0. The maximum atomic E-state index is 13.9.